The molecule has 6 nitrogen and oxygen atoms in total. The Morgan fingerprint density at radius 3 is 2.03 bits per heavy atom. The van der Waals surface area contributed by atoms with Gasteiger partial charge in [-0.3, -0.25) is 9.10 Å². The number of ether oxygens (including phenoxy) is 1. The lowest BCUT2D eigenvalue weighted by Gasteiger charge is -2.24. The number of anilines is 1. The van der Waals surface area contributed by atoms with Crippen molar-refractivity contribution in [3.63, 3.8) is 0 Å². The molecule has 0 saturated carbocycles. The van der Waals surface area contributed by atoms with E-state index in [2.05, 4.69) is 37.4 Å². The van der Waals surface area contributed by atoms with Crippen LogP contribution in [0.3, 0.4) is 0 Å². The Kier molecular flexibility index (Phi) is 8.81. The Hall–Kier alpha value is -4.10. The highest BCUT2D eigenvalue weighted by molar-refractivity contribution is 7.92. The lowest BCUT2D eigenvalue weighted by molar-refractivity contribution is -0.119. The predicted molar refractivity (Wildman–Crippen MR) is 151 cm³/mol. The summed E-state index contributed by atoms with van der Waals surface area (Å²) in [6.45, 7) is 4.14. The van der Waals surface area contributed by atoms with Gasteiger partial charge in [-0.1, -0.05) is 68.4 Å². The number of aryl methyl sites for hydroxylation is 2. The van der Waals surface area contributed by atoms with Crippen LogP contribution in [-0.4, -0.2) is 20.9 Å². The zero-order valence-corrected chi connectivity index (χ0v) is 22.4. The summed E-state index contributed by atoms with van der Waals surface area (Å²) in [7, 11) is -4.00. The zero-order chi connectivity index (χ0) is 27.0. The van der Waals surface area contributed by atoms with E-state index in [-0.39, 0.29) is 11.4 Å². The first-order valence-electron chi connectivity index (χ1n) is 12.7. The monoisotopic (exact) mass is 528 g/mol. The summed E-state index contributed by atoms with van der Waals surface area (Å²) < 4.78 is 34.2. The molecule has 0 aromatic heterocycles. The van der Waals surface area contributed by atoms with Gasteiger partial charge in [-0.05, 0) is 78.1 Å². The third-order valence-corrected chi connectivity index (χ3v) is 8.05. The van der Waals surface area contributed by atoms with Gasteiger partial charge >= 0.3 is 0 Å². The van der Waals surface area contributed by atoms with Crippen LogP contribution in [0, 0.1) is 0 Å². The number of hydrogen-bond acceptors (Lipinski definition) is 4. The summed E-state index contributed by atoms with van der Waals surface area (Å²) in [5, 5.41) is 2.92. The van der Waals surface area contributed by atoms with Crippen LogP contribution in [-0.2, 0) is 34.2 Å². The minimum absolute atomic E-state index is 0.112. The molecule has 0 unspecified atom stereocenters. The van der Waals surface area contributed by atoms with Crippen molar-refractivity contribution in [1.82, 2.24) is 5.32 Å². The molecule has 7 heteroatoms. The molecule has 0 fully saturated rings. The molecular weight excluding hydrogens is 496 g/mol. The molecule has 0 radical (unpaired) electrons. The van der Waals surface area contributed by atoms with Crippen LogP contribution in [0.4, 0.5) is 5.69 Å². The van der Waals surface area contributed by atoms with E-state index in [1.165, 1.54) is 17.7 Å². The Morgan fingerprint density at radius 1 is 0.763 bits per heavy atom. The highest BCUT2D eigenvalue weighted by Crippen LogP contribution is 2.28. The molecular formula is C31H32N2O4S. The highest BCUT2D eigenvalue weighted by atomic mass is 32.2. The quantitative estimate of drug-likeness (QED) is 0.255. The van der Waals surface area contributed by atoms with Gasteiger partial charge in [-0.25, -0.2) is 8.42 Å². The van der Waals surface area contributed by atoms with Crippen molar-refractivity contribution in [1.29, 1.82) is 0 Å². The van der Waals surface area contributed by atoms with Gasteiger partial charge in [-0.2, -0.15) is 0 Å². The van der Waals surface area contributed by atoms with E-state index >= 15 is 0 Å². The predicted octanol–water partition coefficient (Wildman–Crippen LogP) is 6.12. The largest absolute Gasteiger partial charge is 0.457 e. The molecule has 0 atom stereocenters. The fourth-order valence-electron chi connectivity index (χ4n) is 4.13. The fourth-order valence-corrected chi connectivity index (χ4v) is 5.57. The van der Waals surface area contributed by atoms with Gasteiger partial charge in [0.05, 0.1) is 10.6 Å². The number of carbonyl (C=O) groups is 1. The first-order valence-corrected chi connectivity index (χ1v) is 14.1. The SMILES string of the molecule is CCc1ccc(CC)c(CNC(=O)CN(c2ccc(Oc3ccccc3)cc2)S(=O)(=O)c2ccccc2)c1. The summed E-state index contributed by atoms with van der Waals surface area (Å²) in [5.41, 5.74) is 3.76. The Labute approximate surface area is 225 Å². The van der Waals surface area contributed by atoms with E-state index in [9.17, 15) is 13.2 Å². The maximum atomic E-state index is 13.6. The van der Waals surface area contributed by atoms with Crippen molar-refractivity contribution in [2.24, 2.45) is 0 Å². The van der Waals surface area contributed by atoms with E-state index in [0.717, 1.165) is 28.3 Å². The van der Waals surface area contributed by atoms with E-state index in [0.29, 0.717) is 23.7 Å². The number of amides is 1. The number of sulfonamides is 1. The molecule has 0 aliphatic heterocycles. The number of para-hydroxylation sites is 1. The molecule has 1 amide bonds. The van der Waals surface area contributed by atoms with Gasteiger partial charge in [0.1, 0.15) is 18.0 Å². The third-order valence-electron chi connectivity index (χ3n) is 6.26. The highest BCUT2D eigenvalue weighted by Gasteiger charge is 2.27. The van der Waals surface area contributed by atoms with Crippen molar-refractivity contribution < 1.29 is 17.9 Å². The molecule has 4 rings (SSSR count). The summed E-state index contributed by atoms with van der Waals surface area (Å²) in [6.07, 6.45) is 1.75. The summed E-state index contributed by atoms with van der Waals surface area (Å²) in [5.74, 6) is 0.842. The van der Waals surface area contributed by atoms with Crippen LogP contribution >= 0.6 is 0 Å². The van der Waals surface area contributed by atoms with Crippen LogP contribution in [0.25, 0.3) is 0 Å². The molecule has 0 saturated heterocycles. The standard InChI is InChI=1S/C31H32N2O4S/c1-3-24-15-16-25(4-2)26(21-24)22-32-31(34)23-33(38(35,36)30-13-9-6-10-14-30)27-17-19-29(20-18-27)37-28-11-7-5-8-12-28/h5-21H,3-4,22-23H2,1-2H3,(H,32,34). The van der Waals surface area contributed by atoms with E-state index in [4.69, 9.17) is 4.74 Å². The smallest absolute Gasteiger partial charge is 0.264 e. The molecule has 0 bridgehead atoms. The molecule has 38 heavy (non-hydrogen) atoms. The van der Waals surface area contributed by atoms with Crippen LogP contribution in [0.15, 0.2) is 108 Å². The lowest BCUT2D eigenvalue weighted by atomic mass is 10.0. The van der Waals surface area contributed by atoms with Gasteiger partial charge < -0.3 is 10.1 Å². The van der Waals surface area contributed by atoms with Crippen LogP contribution < -0.4 is 14.4 Å². The second kappa shape index (κ2) is 12.4. The molecule has 4 aromatic rings. The molecule has 0 aliphatic carbocycles. The number of carbonyl (C=O) groups excluding carboxylic acids is 1. The maximum Gasteiger partial charge on any atom is 0.264 e. The minimum Gasteiger partial charge on any atom is -0.457 e. The van der Waals surface area contributed by atoms with E-state index in [1.54, 1.807) is 42.5 Å². The minimum atomic E-state index is -4.00. The number of nitrogens with zero attached hydrogens (tertiary/aromatic N) is 1. The lowest BCUT2D eigenvalue weighted by Crippen LogP contribution is -2.40. The van der Waals surface area contributed by atoms with Crippen LogP contribution in [0.5, 0.6) is 11.5 Å². The molecule has 196 valence electrons. The van der Waals surface area contributed by atoms with Crippen LogP contribution in [0.2, 0.25) is 0 Å². The van der Waals surface area contributed by atoms with Gasteiger partial charge in [0.2, 0.25) is 5.91 Å². The molecule has 0 spiro atoms. The average Bonchev–Trinajstić information content (AvgIpc) is 2.96. The molecule has 0 heterocycles. The van der Waals surface area contributed by atoms with Crippen molar-refractivity contribution in [2.75, 3.05) is 10.8 Å². The van der Waals surface area contributed by atoms with Crippen molar-refractivity contribution in [2.45, 2.75) is 38.1 Å². The van der Waals surface area contributed by atoms with Gasteiger partial charge in [0, 0.05) is 6.54 Å². The fraction of sp³-hybridized carbons (Fsp3) is 0.194. The van der Waals surface area contributed by atoms with Crippen molar-refractivity contribution in [3.05, 3.63) is 120 Å². The van der Waals surface area contributed by atoms with Gasteiger partial charge in [0.25, 0.3) is 10.0 Å². The van der Waals surface area contributed by atoms with Gasteiger partial charge in [-0.15, -0.1) is 0 Å². The number of hydrogen-bond donors (Lipinski definition) is 1. The normalized spacial score (nSPS) is 11.1. The molecule has 4 aromatic carbocycles. The number of nitrogens with one attached hydrogen (secondary N) is 1. The Balaban J connectivity index is 1.56. The van der Waals surface area contributed by atoms with Crippen molar-refractivity contribution in [3.8, 4) is 11.5 Å². The second-order valence-electron chi connectivity index (χ2n) is 8.82. The third kappa shape index (κ3) is 6.61. The van der Waals surface area contributed by atoms with Gasteiger partial charge in [0.15, 0.2) is 0 Å². The van der Waals surface area contributed by atoms with E-state index in [1.807, 2.05) is 30.3 Å². The van der Waals surface area contributed by atoms with E-state index < -0.39 is 15.9 Å². The first kappa shape index (κ1) is 26.9. The van der Waals surface area contributed by atoms with Crippen molar-refractivity contribution >= 4 is 21.6 Å². The molecule has 0 aliphatic rings. The first-order chi connectivity index (χ1) is 18.4. The molecule has 1 N–H and O–H groups in total. The average molecular weight is 529 g/mol. The maximum absolute atomic E-state index is 13.6. The number of benzene rings is 4. The Bertz CT molecular complexity index is 1460. The number of rotatable bonds is 11. The summed E-state index contributed by atoms with van der Waals surface area (Å²) in [4.78, 5) is 13.2. The second-order valence-corrected chi connectivity index (χ2v) is 10.7. The Morgan fingerprint density at radius 2 is 1.39 bits per heavy atom. The summed E-state index contributed by atoms with van der Waals surface area (Å²) in [6, 6.07) is 30.4. The zero-order valence-electron chi connectivity index (χ0n) is 21.6. The van der Waals surface area contributed by atoms with Crippen LogP contribution in [0.1, 0.15) is 30.5 Å². The topological polar surface area (TPSA) is 75.7 Å². The summed E-state index contributed by atoms with van der Waals surface area (Å²) >= 11 is 0.